The summed E-state index contributed by atoms with van der Waals surface area (Å²) >= 11 is 6.16. The lowest BCUT2D eigenvalue weighted by Gasteiger charge is -2.16. The van der Waals surface area contributed by atoms with E-state index in [-0.39, 0.29) is 17.9 Å². The largest absolute Gasteiger partial charge is 0.489 e. The lowest BCUT2D eigenvalue weighted by Crippen LogP contribution is -2.27. The number of carbonyl (C=O) groups excluding carboxylic acids is 1. The van der Waals surface area contributed by atoms with Crippen LogP contribution in [0.25, 0.3) is 0 Å². The molecular formula is C15H21ClN2O2. The normalized spacial score (nSPS) is 22.1. The first-order chi connectivity index (χ1) is 9.47. The van der Waals surface area contributed by atoms with E-state index < -0.39 is 0 Å². The first kappa shape index (κ1) is 15.1. The average Bonchev–Trinajstić information content (AvgIpc) is 2.78. The van der Waals surface area contributed by atoms with Gasteiger partial charge in [0.25, 0.3) is 0 Å². The molecule has 2 rings (SSSR count). The van der Waals surface area contributed by atoms with E-state index in [2.05, 4.69) is 17.6 Å². The van der Waals surface area contributed by atoms with Crippen LogP contribution in [0.15, 0.2) is 18.2 Å². The molecule has 0 aliphatic carbocycles. The van der Waals surface area contributed by atoms with Crippen molar-refractivity contribution in [3.63, 3.8) is 0 Å². The summed E-state index contributed by atoms with van der Waals surface area (Å²) in [4.78, 5) is 12.2. The lowest BCUT2D eigenvalue weighted by molar-refractivity contribution is -0.120. The quantitative estimate of drug-likeness (QED) is 0.898. The van der Waals surface area contributed by atoms with Crippen LogP contribution in [0.5, 0.6) is 5.75 Å². The van der Waals surface area contributed by atoms with E-state index in [4.69, 9.17) is 16.3 Å². The minimum Gasteiger partial charge on any atom is -0.489 e. The number of ether oxygens (including phenoxy) is 1. The molecule has 1 aliphatic heterocycles. The van der Waals surface area contributed by atoms with Gasteiger partial charge in [-0.3, -0.25) is 4.79 Å². The van der Waals surface area contributed by atoms with Crippen molar-refractivity contribution in [1.29, 1.82) is 0 Å². The predicted octanol–water partition coefficient (Wildman–Crippen LogP) is 2.92. The second-order valence-electron chi connectivity index (χ2n) is 5.54. The maximum absolute atomic E-state index is 12.2. The Kier molecular flexibility index (Phi) is 4.89. The topological polar surface area (TPSA) is 50.4 Å². The molecule has 0 aromatic heterocycles. The summed E-state index contributed by atoms with van der Waals surface area (Å²) in [6, 6.07) is 5.33. The second-order valence-corrected chi connectivity index (χ2v) is 5.95. The molecule has 0 bridgehead atoms. The molecule has 20 heavy (non-hydrogen) atoms. The van der Waals surface area contributed by atoms with Gasteiger partial charge in [-0.05, 0) is 44.5 Å². The Balaban J connectivity index is 2.03. The van der Waals surface area contributed by atoms with Crippen LogP contribution in [0, 0.1) is 11.8 Å². The van der Waals surface area contributed by atoms with Gasteiger partial charge in [-0.1, -0.05) is 18.5 Å². The highest BCUT2D eigenvalue weighted by atomic mass is 35.5. The number of hydrogen-bond acceptors (Lipinski definition) is 3. The zero-order chi connectivity index (χ0) is 14.7. The third-order valence-electron chi connectivity index (χ3n) is 3.42. The summed E-state index contributed by atoms with van der Waals surface area (Å²) in [5.41, 5.74) is 0.704. The van der Waals surface area contributed by atoms with Gasteiger partial charge in [0.2, 0.25) is 5.91 Å². The molecule has 1 aromatic rings. The van der Waals surface area contributed by atoms with E-state index in [1.807, 2.05) is 19.9 Å². The summed E-state index contributed by atoms with van der Waals surface area (Å²) in [5, 5.41) is 6.65. The number of carbonyl (C=O) groups is 1. The van der Waals surface area contributed by atoms with Gasteiger partial charge in [0, 0.05) is 12.2 Å². The summed E-state index contributed by atoms with van der Waals surface area (Å²) < 4.78 is 5.57. The molecular weight excluding hydrogens is 276 g/mol. The fourth-order valence-electron chi connectivity index (χ4n) is 2.32. The zero-order valence-corrected chi connectivity index (χ0v) is 12.8. The third kappa shape index (κ3) is 3.64. The Morgan fingerprint density at radius 3 is 2.75 bits per heavy atom. The van der Waals surface area contributed by atoms with E-state index in [9.17, 15) is 4.79 Å². The molecule has 1 saturated heterocycles. The highest BCUT2D eigenvalue weighted by Crippen LogP contribution is 2.29. The number of halogens is 1. The Bertz CT molecular complexity index is 491. The smallest absolute Gasteiger partial charge is 0.229 e. The van der Waals surface area contributed by atoms with Crippen LogP contribution in [-0.2, 0) is 4.79 Å². The molecule has 0 spiro atoms. The van der Waals surface area contributed by atoms with E-state index in [0.29, 0.717) is 22.4 Å². The Hall–Kier alpha value is -1.26. The molecule has 0 radical (unpaired) electrons. The number of anilines is 1. The fraction of sp³-hybridized carbons (Fsp3) is 0.533. The first-order valence-corrected chi connectivity index (χ1v) is 7.33. The van der Waals surface area contributed by atoms with Crippen molar-refractivity contribution < 1.29 is 9.53 Å². The van der Waals surface area contributed by atoms with Crippen LogP contribution in [0.1, 0.15) is 20.8 Å². The maximum atomic E-state index is 12.2. The van der Waals surface area contributed by atoms with Gasteiger partial charge in [-0.15, -0.1) is 0 Å². The minimum absolute atomic E-state index is 0.0142. The van der Waals surface area contributed by atoms with Crippen molar-refractivity contribution in [1.82, 2.24) is 5.32 Å². The summed E-state index contributed by atoms with van der Waals surface area (Å²) in [7, 11) is 0. The van der Waals surface area contributed by atoms with Gasteiger partial charge >= 0.3 is 0 Å². The van der Waals surface area contributed by atoms with Crippen LogP contribution in [0.3, 0.4) is 0 Å². The molecule has 110 valence electrons. The molecule has 4 nitrogen and oxygen atoms in total. The number of amides is 1. The Morgan fingerprint density at radius 2 is 2.20 bits per heavy atom. The van der Waals surface area contributed by atoms with E-state index in [1.54, 1.807) is 12.1 Å². The van der Waals surface area contributed by atoms with Crippen molar-refractivity contribution in [2.24, 2.45) is 11.8 Å². The predicted molar refractivity (Wildman–Crippen MR) is 81.4 cm³/mol. The van der Waals surface area contributed by atoms with Gasteiger partial charge in [0.1, 0.15) is 5.75 Å². The molecule has 1 fully saturated rings. The van der Waals surface area contributed by atoms with Crippen molar-refractivity contribution in [3.8, 4) is 5.75 Å². The average molecular weight is 297 g/mol. The number of benzene rings is 1. The van der Waals surface area contributed by atoms with Gasteiger partial charge in [0.15, 0.2) is 0 Å². The molecule has 2 N–H and O–H groups in total. The molecule has 5 heteroatoms. The van der Waals surface area contributed by atoms with Gasteiger partial charge in [0.05, 0.1) is 17.0 Å². The molecule has 1 aliphatic rings. The summed E-state index contributed by atoms with van der Waals surface area (Å²) in [6.07, 6.45) is 0.0679. The van der Waals surface area contributed by atoms with Crippen LogP contribution < -0.4 is 15.4 Å². The Morgan fingerprint density at radius 1 is 1.45 bits per heavy atom. The maximum Gasteiger partial charge on any atom is 0.229 e. The summed E-state index contributed by atoms with van der Waals surface area (Å²) in [5.74, 6) is 1.04. The van der Waals surface area contributed by atoms with Gasteiger partial charge in [-0.25, -0.2) is 0 Å². The zero-order valence-electron chi connectivity index (χ0n) is 12.1. The van der Waals surface area contributed by atoms with Crippen LogP contribution in [0.4, 0.5) is 5.69 Å². The molecule has 1 amide bonds. The molecule has 2 atom stereocenters. The third-order valence-corrected chi connectivity index (χ3v) is 3.71. The standard InChI is InChI=1S/C15H21ClN2O2/c1-9(2)20-14-5-4-11(6-13(14)16)18-15(19)12-8-17-7-10(12)3/h4-6,9-10,12,17H,7-8H2,1-3H3,(H,18,19). The second kappa shape index (κ2) is 6.46. The molecule has 1 heterocycles. The lowest BCUT2D eigenvalue weighted by atomic mass is 9.97. The molecule has 1 aromatic carbocycles. The minimum atomic E-state index is 0.0142. The number of hydrogen-bond donors (Lipinski definition) is 2. The Labute approximate surface area is 124 Å². The SMILES string of the molecule is CC(C)Oc1ccc(NC(=O)C2CNCC2C)cc1Cl. The van der Waals surface area contributed by atoms with Crippen molar-refractivity contribution in [3.05, 3.63) is 23.2 Å². The van der Waals surface area contributed by atoms with Gasteiger partial charge < -0.3 is 15.4 Å². The fourth-order valence-corrected chi connectivity index (χ4v) is 2.55. The van der Waals surface area contributed by atoms with Crippen LogP contribution in [-0.4, -0.2) is 25.1 Å². The molecule has 0 saturated carbocycles. The van der Waals surface area contributed by atoms with E-state index in [0.717, 1.165) is 13.1 Å². The highest BCUT2D eigenvalue weighted by Gasteiger charge is 2.29. The molecule has 2 unspecified atom stereocenters. The van der Waals surface area contributed by atoms with Crippen LogP contribution in [0.2, 0.25) is 5.02 Å². The van der Waals surface area contributed by atoms with E-state index >= 15 is 0 Å². The van der Waals surface area contributed by atoms with Crippen molar-refractivity contribution in [2.45, 2.75) is 26.9 Å². The number of rotatable bonds is 4. The first-order valence-electron chi connectivity index (χ1n) is 6.95. The monoisotopic (exact) mass is 296 g/mol. The van der Waals surface area contributed by atoms with E-state index in [1.165, 1.54) is 0 Å². The van der Waals surface area contributed by atoms with Crippen molar-refractivity contribution in [2.75, 3.05) is 18.4 Å². The number of nitrogens with one attached hydrogen (secondary N) is 2. The van der Waals surface area contributed by atoms with Gasteiger partial charge in [-0.2, -0.15) is 0 Å². The highest BCUT2D eigenvalue weighted by molar-refractivity contribution is 6.32. The van der Waals surface area contributed by atoms with Crippen molar-refractivity contribution >= 4 is 23.2 Å². The summed E-state index contributed by atoms with van der Waals surface area (Å²) in [6.45, 7) is 7.59. The van der Waals surface area contributed by atoms with Crippen LogP contribution >= 0.6 is 11.6 Å².